The van der Waals surface area contributed by atoms with Crippen LogP contribution >= 0.6 is 23.1 Å². The van der Waals surface area contributed by atoms with Crippen LogP contribution in [0.5, 0.6) is 0 Å². The molecule has 8 heteroatoms. The predicted molar refractivity (Wildman–Crippen MR) is 67.1 cm³/mol. The van der Waals surface area contributed by atoms with Gasteiger partial charge in [0.2, 0.25) is 0 Å². The summed E-state index contributed by atoms with van der Waals surface area (Å²) in [5.74, 6) is -0.186. The number of carbonyl (C=O) groups excluding carboxylic acids is 1. The van der Waals surface area contributed by atoms with Gasteiger partial charge in [0.25, 0.3) is 5.69 Å². The van der Waals surface area contributed by atoms with Crippen molar-refractivity contribution < 1.29 is 9.72 Å². The molecule has 0 N–H and O–H groups in total. The molecule has 2 rings (SSSR count). The molecule has 0 fully saturated rings. The Kier molecular flexibility index (Phi) is 3.68. The molecule has 92 valence electrons. The van der Waals surface area contributed by atoms with Gasteiger partial charge in [0, 0.05) is 18.5 Å². The molecule has 2 aromatic rings. The third kappa shape index (κ3) is 2.71. The van der Waals surface area contributed by atoms with Crippen molar-refractivity contribution in [3.05, 3.63) is 39.6 Å². The molecule has 0 radical (unpaired) electrons. The molecule has 0 bridgehead atoms. The maximum atomic E-state index is 11.2. The lowest BCUT2D eigenvalue weighted by molar-refractivity contribution is -0.387. The standard InChI is InChI=1S/C10H7N3O3S2/c1-6(14)8-4-7(13(15)16)10(17-8)18-9-5-11-2-3-12-9/h2-5H,1H3. The van der Waals surface area contributed by atoms with E-state index >= 15 is 0 Å². The number of aromatic nitrogens is 2. The monoisotopic (exact) mass is 281 g/mol. The number of carbonyl (C=O) groups is 1. The zero-order valence-corrected chi connectivity index (χ0v) is 10.8. The van der Waals surface area contributed by atoms with Crippen LogP contribution in [0.2, 0.25) is 0 Å². The maximum absolute atomic E-state index is 11.2. The van der Waals surface area contributed by atoms with Gasteiger partial charge in [-0.1, -0.05) is 11.8 Å². The zero-order valence-electron chi connectivity index (χ0n) is 9.19. The van der Waals surface area contributed by atoms with E-state index in [0.29, 0.717) is 14.1 Å². The topological polar surface area (TPSA) is 86.0 Å². The van der Waals surface area contributed by atoms with E-state index in [0.717, 1.165) is 23.1 Å². The number of ketones is 1. The molecule has 18 heavy (non-hydrogen) atoms. The van der Waals surface area contributed by atoms with Crippen LogP contribution in [-0.2, 0) is 0 Å². The van der Waals surface area contributed by atoms with Gasteiger partial charge in [-0.05, 0) is 6.92 Å². The SMILES string of the molecule is CC(=O)c1cc([N+](=O)[O-])c(Sc2cnccn2)s1. The lowest BCUT2D eigenvalue weighted by Gasteiger charge is -1.95. The van der Waals surface area contributed by atoms with Crippen LogP contribution in [0.15, 0.2) is 33.9 Å². The number of nitro groups is 1. The molecule has 0 aromatic carbocycles. The molecular weight excluding hydrogens is 274 g/mol. The van der Waals surface area contributed by atoms with Crippen LogP contribution in [0, 0.1) is 10.1 Å². The van der Waals surface area contributed by atoms with Crippen molar-refractivity contribution in [2.24, 2.45) is 0 Å². The highest BCUT2D eigenvalue weighted by Gasteiger charge is 2.22. The fourth-order valence-corrected chi connectivity index (χ4v) is 3.27. The Hall–Kier alpha value is -1.80. The summed E-state index contributed by atoms with van der Waals surface area (Å²) in [5, 5.41) is 11.5. The fraction of sp³-hybridized carbons (Fsp3) is 0.100. The molecule has 2 heterocycles. The number of nitrogens with zero attached hydrogens (tertiary/aromatic N) is 3. The van der Waals surface area contributed by atoms with E-state index in [1.54, 1.807) is 0 Å². The molecule has 0 aliphatic rings. The van der Waals surface area contributed by atoms with Gasteiger partial charge >= 0.3 is 0 Å². The Morgan fingerprint density at radius 2 is 2.28 bits per heavy atom. The molecule has 0 amide bonds. The van der Waals surface area contributed by atoms with E-state index in [9.17, 15) is 14.9 Å². The van der Waals surface area contributed by atoms with Crippen LogP contribution in [-0.4, -0.2) is 20.7 Å². The normalized spacial score (nSPS) is 10.3. The Morgan fingerprint density at radius 1 is 1.50 bits per heavy atom. The van der Waals surface area contributed by atoms with Crippen LogP contribution in [0.4, 0.5) is 5.69 Å². The lowest BCUT2D eigenvalue weighted by atomic mass is 10.3. The minimum Gasteiger partial charge on any atom is -0.294 e. The number of rotatable bonds is 4. The highest BCUT2D eigenvalue weighted by atomic mass is 32.2. The highest BCUT2D eigenvalue weighted by molar-refractivity contribution is 8.01. The summed E-state index contributed by atoms with van der Waals surface area (Å²) in [4.78, 5) is 29.9. The smallest absolute Gasteiger partial charge is 0.294 e. The molecule has 0 unspecified atom stereocenters. The van der Waals surface area contributed by atoms with Crippen LogP contribution in [0.25, 0.3) is 0 Å². The first kappa shape index (κ1) is 12.7. The quantitative estimate of drug-likeness (QED) is 0.486. The number of thiophene rings is 1. The van der Waals surface area contributed by atoms with E-state index in [-0.39, 0.29) is 11.5 Å². The minimum absolute atomic E-state index is 0.0687. The molecule has 0 saturated carbocycles. The second-order valence-corrected chi connectivity index (χ2v) is 5.58. The van der Waals surface area contributed by atoms with Crippen molar-refractivity contribution in [1.29, 1.82) is 0 Å². The summed E-state index contributed by atoms with van der Waals surface area (Å²) in [5.41, 5.74) is -0.0687. The number of Topliss-reactive ketones (excluding diaryl/α,β-unsaturated/α-hetero) is 1. The molecule has 0 aliphatic carbocycles. The summed E-state index contributed by atoms with van der Waals surface area (Å²) in [6.07, 6.45) is 4.54. The Balaban J connectivity index is 2.37. The van der Waals surface area contributed by atoms with Gasteiger partial charge in [-0.25, -0.2) is 4.98 Å². The molecule has 2 aromatic heterocycles. The number of hydrogen-bond donors (Lipinski definition) is 0. The summed E-state index contributed by atoms with van der Waals surface area (Å²) in [6.45, 7) is 1.38. The third-order valence-corrected chi connectivity index (χ3v) is 4.29. The molecule has 0 saturated heterocycles. The van der Waals surface area contributed by atoms with Gasteiger partial charge in [0.1, 0.15) is 9.24 Å². The van der Waals surface area contributed by atoms with Crippen molar-refractivity contribution >= 4 is 34.6 Å². The van der Waals surface area contributed by atoms with Gasteiger partial charge in [-0.3, -0.25) is 19.9 Å². The largest absolute Gasteiger partial charge is 0.294 e. The van der Waals surface area contributed by atoms with E-state index in [1.807, 2.05) is 0 Å². The second-order valence-electron chi connectivity index (χ2n) is 3.24. The average Bonchev–Trinajstić information content (AvgIpc) is 2.74. The van der Waals surface area contributed by atoms with Gasteiger partial charge in [-0.15, -0.1) is 11.3 Å². The van der Waals surface area contributed by atoms with Gasteiger partial charge < -0.3 is 0 Å². The van der Waals surface area contributed by atoms with Crippen LogP contribution < -0.4 is 0 Å². The maximum Gasteiger partial charge on any atom is 0.294 e. The molecule has 0 atom stereocenters. The average molecular weight is 281 g/mol. The molecular formula is C10H7N3O3S2. The van der Waals surface area contributed by atoms with Crippen molar-refractivity contribution in [2.45, 2.75) is 16.2 Å². The lowest BCUT2D eigenvalue weighted by Crippen LogP contribution is -1.88. The molecule has 0 spiro atoms. The van der Waals surface area contributed by atoms with E-state index < -0.39 is 4.92 Å². The van der Waals surface area contributed by atoms with E-state index in [1.165, 1.54) is 31.6 Å². The summed E-state index contributed by atoms with van der Waals surface area (Å²) in [6, 6.07) is 1.30. The Bertz CT molecular complexity index is 598. The highest BCUT2D eigenvalue weighted by Crippen LogP contribution is 2.40. The van der Waals surface area contributed by atoms with Crippen LogP contribution in [0.1, 0.15) is 16.6 Å². The van der Waals surface area contributed by atoms with Gasteiger partial charge in [0.15, 0.2) is 5.78 Å². The van der Waals surface area contributed by atoms with Crippen molar-refractivity contribution in [1.82, 2.24) is 9.97 Å². The van der Waals surface area contributed by atoms with Crippen molar-refractivity contribution in [3.8, 4) is 0 Å². The molecule has 6 nitrogen and oxygen atoms in total. The van der Waals surface area contributed by atoms with Gasteiger partial charge in [0.05, 0.1) is 16.0 Å². The number of hydrogen-bond acceptors (Lipinski definition) is 7. The van der Waals surface area contributed by atoms with E-state index in [4.69, 9.17) is 0 Å². The third-order valence-electron chi connectivity index (χ3n) is 1.96. The van der Waals surface area contributed by atoms with Crippen molar-refractivity contribution in [2.75, 3.05) is 0 Å². The fourth-order valence-electron chi connectivity index (χ4n) is 1.17. The Labute approximate surface area is 110 Å². The van der Waals surface area contributed by atoms with Gasteiger partial charge in [-0.2, -0.15) is 0 Å². The Morgan fingerprint density at radius 3 is 2.83 bits per heavy atom. The zero-order chi connectivity index (χ0) is 13.1. The first-order chi connectivity index (χ1) is 8.58. The minimum atomic E-state index is -0.498. The second kappa shape index (κ2) is 5.23. The molecule has 0 aliphatic heterocycles. The summed E-state index contributed by atoms with van der Waals surface area (Å²) < 4.78 is 0.436. The van der Waals surface area contributed by atoms with Crippen LogP contribution in [0.3, 0.4) is 0 Å². The first-order valence-electron chi connectivity index (χ1n) is 4.81. The van der Waals surface area contributed by atoms with E-state index in [2.05, 4.69) is 9.97 Å². The summed E-state index contributed by atoms with van der Waals surface area (Å²) in [7, 11) is 0. The van der Waals surface area contributed by atoms with Crippen molar-refractivity contribution in [3.63, 3.8) is 0 Å². The predicted octanol–water partition coefficient (Wildman–Crippen LogP) is 2.80. The summed E-state index contributed by atoms with van der Waals surface area (Å²) >= 11 is 2.23. The first-order valence-corrected chi connectivity index (χ1v) is 6.44.